The molecule has 1 N–H and O–H groups in total. The van der Waals surface area contributed by atoms with Crippen molar-refractivity contribution in [2.24, 2.45) is 5.18 Å². The molecule has 0 unspecified atom stereocenters. The highest BCUT2D eigenvalue weighted by Gasteiger charge is 2.19. The Hall–Kier alpha value is -3.05. The smallest absolute Gasteiger partial charge is 0.222 e. The van der Waals surface area contributed by atoms with Gasteiger partial charge >= 0.3 is 0 Å². The summed E-state index contributed by atoms with van der Waals surface area (Å²) in [5.74, 6) is 0.559. The van der Waals surface area contributed by atoms with Gasteiger partial charge in [0.25, 0.3) is 0 Å². The third-order valence-corrected chi connectivity index (χ3v) is 4.70. The lowest BCUT2D eigenvalue weighted by molar-refractivity contribution is 0.293. The fourth-order valence-electron chi connectivity index (χ4n) is 3.21. The zero-order valence-electron chi connectivity index (χ0n) is 13.7. The molecule has 3 aromatic carbocycles. The van der Waals surface area contributed by atoms with Gasteiger partial charge in [0.1, 0.15) is 12.4 Å². The van der Waals surface area contributed by atoms with E-state index in [2.05, 4.69) is 5.18 Å². The van der Waals surface area contributed by atoms with Gasteiger partial charge in [0.2, 0.25) is 5.88 Å². The van der Waals surface area contributed by atoms with Crippen LogP contribution in [0.2, 0.25) is 5.02 Å². The molecule has 0 saturated carbocycles. The van der Waals surface area contributed by atoms with Crippen molar-refractivity contribution < 1.29 is 9.84 Å². The summed E-state index contributed by atoms with van der Waals surface area (Å²) < 4.78 is 7.48. The van der Waals surface area contributed by atoms with Crippen LogP contribution in [-0.2, 0) is 6.54 Å². The summed E-state index contributed by atoms with van der Waals surface area (Å²) in [7, 11) is 0. The van der Waals surface area contributed by atoms with Crippen LogP contribution in [0.5, 0.6) is 11.6 Å². The topological polar surface area (TPSA) is 63.8 Å². The van der Waals surface area contributed by atoms with E-state index in [4.69, 9.17) is 16.3 Å². The maximum atomic E-state index is 11.1. The van der Waals surface area contributed by atoms with Crippen LogP contribution in [0, 0.1) is 4.91 Å². The van der Waals surface area contributed by atoms with E-state index in [9.17, 15) is 10.0 Å². The first-order chi connectivity index (χ1) is 12.7. The van der Waals surface area contributed by atoms with Gasteiger partial charge in [-0.25, -0.2) is 0 Å². The minimum Gasteiger partial charge on any atom is -0.493 e. The number of hydrogen-bond acceptors (Lipinski definition) is 4. The Bertz CT molecular complexity index is 1120. The summed E-state index contributed by atoms with van der Waals surface area (Å²) in [6.45, 7) is 0.625. The van der Waals surface area contributed by atoms with Gasteiger partial charge < -0.3 is 14.4 Å². The number of benzene rings is 3. The van der Waals surface area contributed by atoms with E-state index >= 15 is 0 Å². The van der Waals surface area contributed by atoms with Crippen LogP contribution in [0.4, 0.5) is 5.69 Å². The molecule has 4 rings (SSSR count). The molecular formula is C20H15ClN2O3. The first-order valence-electron chi connectivity index (χ1n) is 8.14. The van der Waals surface area contributed by atoms with Gasteiger partial charge in [-0.3, -0.25) is 0 Å². The molecule has 26 heavy (non-hydrogen) atoms. The summed E-state index contributed by atoms with van der Waals surface area (Å²) >= 11 is 6.26. The average Bonchev–Trinajstić information content (AvgIpc) is 2.94. The lowest BCUT2D eigenvalue weighted by atomic mass is 10.1. The molecule has 1 aromatic heterocycles. The van der Waals surface area contributed by atoms with E-state index in [1.165, 1.54) is 0 Å². The normalized spacial score (nSPS) is 11.1. The summed E-state index contributed by atoms with van der Waals surface area (Å²) in [4.78, 5) is 11.1. The number of fused-ring (bicyclic) bond motifs is 2. The Kier molecular flexibility index (Phi) is 4.22. The fourth-order valence-corrected chi connectivity index (χ4v) is 3.49. The third-order valence-electron chi connectivity index (χ3n) is 4.39. The van der Waals surface area contributed by atoms with Crippen molar-refractivity contribution >= 4 is 39.0 Å². The fraction of sp³-hybridized carbons (Fsp3) is 0.100. The summed E-state index contributed by atoms with van der Waals surface area (Å²) in [6.07, 6.45) is 0. The van der Waals surface area contributed by atoms with Gasteiger partial charge in [-0.15, -0.1) is 4.91 Å². The summed E-state index contributed by atoms with van der Waals surface area (Å²) in [5, 5.41) is 16.4. The van der Waals surface area contributed by atoms with Crippen LogP contribution in [0.25, 0.3) is 21.7 Å². The molecule has 0 amide bonds. The Morgan fingerprint density at radius 1 is 1.00 bits per heavy atom. The number of halogens is 1. The van der Waals surface area contributed by atoms with Crippen molar-refractivity contribution in [2.45, 2.75) is 6.54 Å². The van der Waals surface area contributed by atoms with Gasteiger partial charge in [-0.2, -0.15) is 0 Å². The molecule has 6 heteroatoms. The number of nitroso groups, excluding NO2 is 1. The molecule has 0 fully saturated rings. The molecule has 0 atom stereocenters. The molecule has 0 bridgehead atoms. The second-order valence-corrected chi connectivity index (χ2v) is 6.28. The zero-order chi connectivity index (χ0) is 18.1. The van der Waals surface area contributed by atoms with Crippen LogP contribution in [0.15, 0.2) is 65.8 Å². The molecule has 4 aromatic rings. The maximum Gasteiger partial charge on any atom is 0.222 e. The Morgan fingerprint density at radius 3 is 2.58 bits per heavy atom. The highest BCUT2D eigenvalue weighted by Crippen LogP contribution is 2.41. The molecule has 0 spiro atoms. The van der Waals surface area contributed by atoms with Crippen LogP contribution >= 0.6 is 11.6 Å². The molecule has 0 radical (unpaired) electrons. The van der Waals surface area contributed by atoms with Crippen molar-refractivity contribution in [1.82, 2.24) is 4.57 Å². The van der Waals surface area contributed by atoms with Crippen LogP contribution in [0.1, 0.15) is 0 Å². The van der Waals surface area contributed by atoms with Crippen LogP contribution in [0.3, 0.4) is 0 Å². The number of rotatable bonds is 5. The van der Waals surface area contributed by atoms with Gasteiger partial charge in [0.15, 0.2) is 5.69 Å². The van der Waals surface area contributed by atoms with E-state index in [0.717, 1.165) is 16.5 Å². The molecular weight excluding hydrogens is 352 g/mol. The highest BCUT2D eigenvalue weighted by atomic mass is 35.5. The van der Waals surface area contributed by atoms with Crippen molar-refractivity contribution in [2.75, 3.05) is 6.61 Å². The standard InChI is InChI=1S/C20H15ClN2O3/c21-16-9-4-8-15-18(22-25)20(24)23(19(15)16)11-12-26-17-10-3-6-13-5-1-2-7-14(13)17/h1-10,24H,11-12H2. The molecule has 0 aliphatic rings. The van der Waals surface area contributed by atoms with Gasteiger partial charge in [-0.05, 0) is 22.7 Å². The molecule has 130 valence electrons. The number of hydrogen-bond donors (Lipinski definition) is 1. The monoisotopic (exact) mass is 366 g/mol. The lowest BCUT2D eigenvalue weighted by Crippen LogP contribution is -2.08. The largest absolute Gasteiger partial charge is 0.493 e. The number of ether oxygens (including phenoxy) is 1. The van der Waals surface area contributed by atoms with Crippen LogP contribution in [-0.4, -0.2) is 16.3 Å². The number of aromatic hydroxyl groups is 1. The molecule has 5 nitrogen and oxygen atoms in total. The van der Waals surface area contributed by atoms with E-state index in [1.807, 2.05) is 42.5 Å². The maximum absolute atomic E-state index is 11.1. The minimum absolute atomic E-state index is 0.00680. The van der Waals surface area contributed by atoms with E-state index in [-0.39, 0.29) is 11.6 Å². The van der Waals surface area contributed by atoms with Gasteiger partial charge in [-0.1, -0.05) is 60.1 Å². The van der Waals surface area contributed by atoms with E-state index in [1.54, 1.807) is 22.8 Å². The van der Waals surface area contributed by atoms with E-state index in [0.29, 0.717) is 29.1 Å². The van der Waals surface area contributed by atoms with Crippen molar-refractivity contribution in [1.29, 1.82) is 0 Å². The van der Waals surface area contributed by atoms with Crippen molar-refractivity contribution in [3.8, 4) is 11.6 Å². The Balaban J connectivity index is 1.64. The SMILES string of the molecule is O=Nc1c(O)n(CCOc2cccc3ccccc23)c2c(Cl)cccc12. The Labute approximate surface area is 154 Å². The Morgan fingerprint density at radius 2 is 1.73 bits per heavy atom. The van der Waals surface area contributed by atoms with E-state index < -0.39 is 0 Å². The van der Waals surface area contributed by atoms with Crippen molar-refractivity contribution in [3.05, 3.63) is 70.6 Å². The van der Waals surface area contributed by atoms with Crippen molar-refractivity contribution in [3.63, 3.8) is 0 Å². The molecule has 0 saturated heterocycles. The predicted octanol–water partition coefficient (Wildman–Crippen LogP) is 5.63. The molecule has 1 heterocycles. The first-order valence-corrected chi connectivity index (χ1v) is 8.52. The second-order valence-electron chi connectivity index (χ2n) is 5.88. The van der Waals surface area contributed by atoms with Crippen LogP contribution < -0.4 is 4.74 Å². The van der Waals surface area contributed by atoms with Gasteiger partial charge in [0.05, 0.1) is 17.1 Å². The minimum atomic E-state index is -0.204. The first kappa shape index (κ1) is 16.4. The second kappa shape index (κ2) is 6.69. The average molecular weight is 367 g/mol. The number of nitrogens with zero attached hydrogens (tertiary/aromatic N) is 2. The predicted molar refractivity (Wildman–Crippen MR) is 104 cm³/mol. The highest BCUT2D eigenvalue weighted by molar-refractivity contribution is 6.35. The lowest BCUT2D eigenvalue weighted by Gasteiger charge is -2.11. The summed E-state index contributed by atoms with van der Waals surface area (Å²) in [6, 6.07) is 19.0. The third kappa shape index (κ3) is 2.66. The van der Waals surface area contributed by atoms with Gasteiger partial charge in [0, 0.05) is 10.8 Å². The number of para-hydroxylation sites is 1. The quantitative estimate of drug-likeness (QED) is 0.465. The summed E-state index contributed by atoms with van der Waals surface area (Å²) in [5.41, 5.74) is 0.565. The number of aromatic nitrogens is 1. The zero-order valence-corrected chi connectivity index (χ0v) is 14.5. The molecule has 0 aliphatic heterocycles. The molecule has 0 aliphatic carbocycles.